The summed E-state index contributed by atoms with van der Waals surface area (Å²) >= 11 is 0. The van der Waals surface area contributed by atoms with E-state index in [0.29, 0.717) is 35.1 Å². The Morgan fingerprint density at radius 1 is 1.09 bits per heavy atom. The summed E-state index contributed by atoms with van der Waals surface area (Å²) in [6.45, 7) is 4.98. The minimum atomic E-state index is -0.764. The lowest BCUT2D eigenvalue weighted by atomic mass is 9.72. The van der Waals surface area contributed by atoms with Gasteiger partial charge in [-0.2, -0.15) is 9.65 Å². The number of nitriles is 1. The second-order valence-electron chi connectivity index (χ2n) is 9.21. The predicted octanol–water partition coefficient (Wildman–Crippen LogP) is 5.32. The molecule has 1 saturated carbocycles. The van der Waals surface area contributed by atoms with E-state index in [2.05, 4.69) is 45.2 Å². The van der Waals surface area contributed by atoms with Gasteiger partial charge in [0, 0.05) is 23.9 Å². The molecule has 2 aromatic heterocycles. The standard InChI is InChI=1S/C25H27FN6/c1-25(2)10-8-17(9-11-25)12-21-19(13-27)14-29-24(31-21)30-16-20-15-28-23(26)32-22(20)18-6-4-3-5-7-18/h3-7,14-15,17H,8-12,16H2,1-2H3,(H,29,30,31). The van der Waals surface area contributed by atoms with Crippen LogP contribution in [0.4, 0.5) is 10.3 Å². The third-order valence-corrected chi connectivity index (χ3v) is 6.25. The van der Waals surface area contributed by atoms with Gasteiger partial charge >= 0.3 is 6.08 Å². The molecule has 2 heterocycles. The molecule has 1 aliphatic carbocycles. The Morgan fingerprint density at radius 2 is 1.84 bits per heavy atom. The Kier molecular flexibility index (Phi) is 6.40. The molecule has 1 aliphatic rings. The van der Waals surface area contributed by atoms with Crippen LogP contribution in [-0.4, -0.2) is 19.9 Å². The molecule has 6 nitrogen and oxygen atoms in total. The quantitative estimate of drug-likeness (QED) is 0.533. The third-order valence-electron chi connectivity index (χ3n) is 6.25. The molecule has 0 aliphatic heterocycles. The van der Waals surface area contributed by atoms with Gasteiger partial charge in [0.2, 0.25) is 5.95 Å². The Hall–Kier alpha value is -3.40. The van der Waals surface area contributed by atoms with Crippen LogP contribution in [0.3, 0.4) is 0 Å². The highest BCUT2D eigenvalue weighted by atomic mass is 19.1. The van der Waals surface area contributed by atoms with Gasteiger partial charge < -0.3 is 5.32 Å². The molecule has 1 N–H and O–H groups in total. The number of hydrogen-bond donors (Lipinski definition) is 1. The normalized spacial score (nSPS) is 15.8. The molecule has 4 rings (SSSR count). The molecule has 0 saturated heterocycles. The van der Waals surface area contributed by atoms with Gasteiger partial charge in [0.1, 0.15) is 6.07 Å². The van der Waals surface area contributed by atoms with Crippen LogP contribution in [0.2, 0.25) is 0 Å². The number of nitrogens with zero attached hydrogens (tertiary/aromatic N) is 5. The maximum Gasteiger partial charge on any atom is 0.309 e. The molecule has 0 atom stereocenters. The number of hydrogen-bond acceptors (Lipinski definition) is 6. The molecule has 0 amide bonds. The van der Waals surface area contributed by atoms with Crippen LogP contribution in [0.25, 0.3) is 11.3 Å². The van der Waals surface area contributed by atoms with Crippen molar-refractivity contribution in [1.29, 1.82) is 5.26 Å². The zero-order chi connectivity index (χ0) is 22.6. The molecular weight excluding hydrogens is 403 g/mol. The molecule has 0 spiro atoms. The summed E-state index contributed by atoms with van der Waals surface area (Å²) in [5.41, 5.74) is 3.79. The first kappa shape index (κ1) is 21.8. The molecule has 3 aromatic rings. The minimum absolute atomic E-state index is 0.341. The smallest absolute Gasteiger partial charge is 0.309 e. The van der Waals surface area contributed by atoms with Crippen molar-refractivity contribution in [3.8, 4) is 17.3 Å². The van der Waals surface area contributed by atoms with Crippen molar-refractivity contribution >= 4 is 5.95 Å². The van der Waals surface area contributed by atoms with Crippen LogP contribution in [0.15, 0.2) is 42.7 Å². The van der Waals surface area contributed by atoms with E-state index in [9.17, 15) is 9.65 Å². The Bertz CT molecular complexity index is 1110. The number of nitrogens with one attached hydrogen (secondary N) is 1. The molecule has 0 unspecified atom stereocenters. The van der Waals surface area contributed by atoms with Gasteiger partial charge in [-0.3, -0.25) is 0 Å². The van der Waals surface area contributed by atoms with E-state index in [4.69, 9.17) is 0 Å². The van der Waals surface area contributed by atoms with Crippen LogP contribution in [0.5, 0.6) is 0 Å². The summed E-state index contributed by atoms with van der Waals surface area (Å²) in [4.78, 5) is 16.6. The average Bonchev–Trinajstić information content (AvgIpc) is 2.80. The van der Waals surface area contributed by atoms with E-state index in [1.54, 1.807) is 6.20 Å². The zero-order valence-corrected chi connectivity index (χ0v) is 18.5. The predicted molar refractivity (Wildman–Crippen MR) is 121 cm³/mol. The number of aromatic nitrogens is 4. The Balaban J connectivity index is 1.50. The maximum atomic E-state index is 13.7. The maximum absolute atomic E-state index is 13.7. The van der Waals surface area contributed by atoms with Crippen LogP contribution in [-0.2, 0) is 13.0 Å². The molecule has 1 aromatic carbocycles. The van der Waals surface area contributed by atoms with E-state index in [0.717, 1.165) is 36.1 Å². The third kappa shape index (κ3) is 5.25. The van der Waals surface area contributed by atoms with Gasteiger partial charge in [-0.05, 0) is 43.4 Å². The molecular formula is C25H27FN6. The van der Waals surface area contributed by atoms with Gasteiger partial charge in [-0.1, -0.05) is 44.2 Å². The fourth-order valence-corrected chi connectivity index (χ4v) is 4.22. The van der Waals surface area contributed by atoms with Crippen LogP contribution in [0.1, 0.15) is 56.4 Å². The second-order valence-corrected chi connectivity index (χ2v) is 9.21. The van der Waals surface area contributed by atoms with Crippen molar-refractivity contribution in [2.45, 2.75) is 52.5 Å². The van der Waals surface area contributed by atoms with Crippen molar-refractivity contribution in [3.63, 3.8) is 0 Å². The number of benzene rings is 1. The molecule has 1 fully saturated rings. The lowest BCUT2D eigenvalue weighted by Crippen LogP contribution is -2.23. The molecule has 164 valence electrons. The molecule has 7 heteroatoms. The highest BCUT2D eigenvalue weighted by Crippen LogP contribution is 2.39. The largest absolute Gasteiger partial charge is 0.350 e. The fraction of sp³-hybridized carbons (Fsp3) is 0.400. The van der Waals surface area contributed by atoms with Crippen molar-refractivity contribution in [2.24, 2.45) is 11.3 Å². The molecule has 32 heavy (non-hydrogen) atoms. The highest BCUT2D eigenvalue weighted by Gasteiger charge is 2.27. The number of halogens is 1. The fourth-order valence-electron chi connectivity index (χ4n) is 4.22. The Morgan fingerprint density at radius 3 is 2.56 bits per heavy atom. The van der Waals surface area contributed by atoms with Crippen molar-refractivity contribution in [3.05, 3.63) is 65.6 Å². The SMILES string of the molecule is CC1(C)CCC(Cc2nc(NCc3cnc(F)nc3-c3ccccc3)ncc2C#N)CC1. The first-order valence-electron chi connectivity index (χ1n) is 11.0. The second kappa shape index (κ2) is 9.39. The summed E-state index contributed by atoms with van der Waals surface area (Å²) < 4.78 is 13.7. The summed E-state index contributed by atoms with van der Waals surface area (Å²) in [6.07, 6.45) is 7.77. The monoisotopic (exact) mass is 430 g/mol. The van der Waals surface area contributed by atoms with E-state index in [1.807, 2.05) is 30.3 Å². The van der Waals surface area contributed by atoms with Crippen molar-refractivity contribution in [1.82, 2.24) is 19.9 Å². The van der Waals surface area contributed by atoms with Gasteiger partial charge in [-0.25, -0.2) is 19.9 Å². The number of anilines is 1. The zero-order valence-electron chi connectivity index (χ0n) is 18.5. The van der Waals surface area contributed by atoms with Crippen molar-refractivity contribution < 1.29 is 4.39 Å². The van der Waals surface area contributed by atoms with Gasteiger partial charge in [0.25, 0.3) is 0 Å². The summed E-state index contributed by atoms with van der Waals surface area (Å²) in [7, 11) is 0. The molecule has 0 radical (unpaired) electrons. The highest BCUT2D eigenvalue weighted by molar-refractivity contribution is 5.62. The van der Waals surface area contributed by atoms with E-state index in [1.165, 1.54) is 19.0 Å². The van der Waals surface area contributed by atoms with E-state index < -0.39 is 6.08 Å². The number of rotatable bonds is 6. The molecule has 0 bridgehead atoms. The summed E-state index contributed by atoms with van der Waals surface area (Å²) in [5, 5.41) is 12.7. The topological polar surface area (TPSA) is 87.4 Å². The van der Waals surface area contributed by atoms with E-state index in [-0.39, 0.29) is 0 Å². The lowest BCUT2D eigenvalue weighted by molar-refractivity contribution is 0.190. The van der Waals surface area contributed by atoms with Crippen molar-refractivity contribution in [2.75, 3.05) is 5.32 Å². The first-order chi connectivity index (χ1) is 15.4. The van der Waals surface area contributed by atoms with Crippen LogP contribution < -0.4 is 5.32 Å². The summed E-state index contributed by atoms with van der Waals surface area (Å²) in [5.74, 6) is 0.978. The van der Waals surface area contributed by atoms with Crippen LogP contribution >= 0.6 is 0 Å². The average molecular weight is 431 g/mol. The van der Waals surface area contributed by atoms with Gasteiger partial charge in [0.15, 0.2) is 0 Å². The van der Waals surface area contributed by atoms with E-state index >= 15 is 0 Å². The first-order valence-corrected chi connectivity index (χ1v) is 11.0. The Labute approximate surface area is 188 Å². The van der Waals surface area contributed by atoms with Gasteiger partial charge in [-0.15, -0.1) is 0 Å². The minimum Gasteiger partial charge on any atom is -0.350 e. The summed E-state index contributed by atoms with van der Waals surface area (Å²) in [6, 6.07) is 11.7. The van der Waals surface area contributed by atoms with Gasteiger partial charge in [0.05, 0.1) is 23.1 Å². The van der Waals surface area contributed by atoms with Crippen LogP contribution in [0, 0.1) is 28.7 Å². The lowest BCUT2D eigenvalue weighted by Gasteiger charge is -2.34.